The molecule has 13 heteroatoms. The summed E-state index contributed by atoms with van der Waals surface area (Å²) in [5.74, 6) is 0.200. The normalized spacial score (nSPS) is 21.1. The number of phenolic OH excluding ortho intramolecular Hbond substituents is 1. The minimum absolute atomic E-state index is 0.0688. The second kappa shape index (κ2) is 13.9. The van der Waals surface area contributed by atoms with Crippen molar-refractivity contribution in [1.29, 1.82) is 0 Å². The van der Waals surface area contributed by atoms with Gasteiger partial charge in [0.15, 0.2) is 17.8 Å². The molecule has 224 valence electrons. The molecule has 2 N–H and O–H groups in total. The van der Waals surface area contributed by atoms with Crippen LogP contribution in [0, 0.1) is 13.8 Å². The smallest absolute Gasteiger partial charge is 0.240 e. The Bertz CT molecular complexity index is 1530. The van der Waals surface area contributed by atoms with Gasteiger partial charge in [-0.25, -0.2) is 13.1 Å². The maximum atomic E-state index is 13.7. The first-order valence-corrected chi connectivity index (χ1v) is 15.4. The van der Waals surface area contributed by atoms with E-state index in [-0.39, 0.29) is 23.7 Å². The van der Waals surface area contributed by atoms with E-state index in [1.807, 2.05) is 37.3 Å². The number of ether oxygens (including phenoxy) is 4. The van der Waals surface area contributed by atoms with Gasteiger partial charge < -0.3 is 24.1 Å². The van der Waals surface area contributed by atoms with E-state index in [9.17, 15) is 19.1 Å². The van der Waals surface area contributed by atoms with Crippen molar-refractivity contribution in [3.63, 3.8) is 0 Å². The largest absolute Gasteiger partial charge is 0.504 e. The Hall–Kier alpha value is -3.16. The first-order valence-electron chi connectivity index (χ1n) is 13.1. The molecular weight excluding hydrogens is 628 g/mol. The van der Waals surface area contributed by atoms with Gasteiger partial charge in [-0.2, -0.15) is 0 Å². The minimum Gasteiger partial charge on any atom is -0.504 e. The molecule has 42 heavy (non-hydrogen) atoms. The molecule has 1 fully saturated rings. The van der Waals surface area contributed by atoms with Crippen molar-refractivity contribution >= 4 is 26.0 Å². The molecule has 0 spiro atoms. The summed E-state index contributed by atoms with van der Waals surface area (Å²) >= 11 is 3.58. The first kappa shape index (κ1) is 31.8. The molecular formula is C29H33BrN4O7S. The summed E-state index contributed by atoms with van der Waals surface area (Å²) in [7, 11) is -1.19. The fraction of sp³-hybridized carbons (Fsp3) is 0.379. The number of nitrogens with one attached hydrogen (secondary N) is 1. The van der Waals surface area contributed by atoms with E-state index < -0.39 is 40.6 Å². The van der Waals surface area contributed by atoms with Crippen molar-refractivity contribution in [2.24, 2.45) is 5.11 Å². The van der Waals surface area contributed by atoms with Crippen molar-refractivity contribution in [3.8, 4) is 11.5 Å². The maximum absolute atomic E-state index is 13.7. The number of aromatic hydroxyl groups is 1. The number of benzene rings is 3. The number of aryl methyl sites for hydroxylation is 1. The zero-order valence-corrected chi connectivity index (χ0v) is 26.0. The number of nitrogens with zero attached hydrogens (tertiary/aromatic N) is 3. The number of hydrogen-bond acceptors (Lipinski definition) is 8. The highest BCUT2D eigenvalue weighted by Gasteiger charge is 2.49. The van der Waals surface area contributed by atoms with Gasteiger partial charge in [0.25, 0.3) is 0 Å². The Morgan fingerprint density at radius 3 is 2.45 bits per heavy atom. The zero-order valence-electron chi connectivity index (χ0n) is 23.6. The molecule has 3 aromatic carbocycles. The second-order valence-electron chi connectivity index (χ2n) is 9.93. The Kier molecular flexibility index (Phi) is 10.5. The van der Waals surface area contributed by atoms with Crippen molar-refractivity contribution in [2.45, 2.75) is 62.4 Å². The van der Waals surface area contributed by atoms with E-state index in [0.29, 0.717) is 21.3 Å². The number of azide groups is 1. The lowest BCUT2D eigenvalue weighted by molar-refractivity contribution is -0.129. The lowest BCUT2D eigenvalue weighted by Crippen LogP contribution is -2.50. The number of halogens is 1. The Balaban J connectivity index is 1.78. The summed E-state index contributed by atoms with van der Waals surface area (Å²) in [5.41, 5.74) is 12.3. The number of sulfonamides is 1. The third kappa shape index (κ3) is 7.07. The Labute approximate surface area is 253 Å². The number of phenols is 1. The lowest BCUT2D eigenvalue weighted by atomic mass is 9.95. The van der Waals surface area contributed by atoms with Gasteiger partial charge in [0.1, 0.15) is 12.1 Å². The highest BCUT2D eigenvalue weighted by Crippen LogP contribution is 2.39. The number of hydrogen-bond donors (Lipinski definition) is 2. The van der Waals surface area contributed by atoms with Crippen molar-refractivity contribution in [3.05, 3.63) is 97.8 Å². The van der Waals surface area contributed by atoms with Crippen molar-refractivity contribution in [2.75, 3.05) is 14.2 Å². The van der Waals surface area contributed by atoms with Crippen LogP contribution in [0.25, 0.3) is 10.4 Å². The van der Waals surface area contributed by atoms with Crippen LogP contribution in [-0.4, -0.2) is 58.3 Å². The van der Waals surface area contributed by atoms with E-state index in [1.54, 1.807) is 19.1 Å². The summed E-state index contributed by atoms with van der Waals surface area (Å²) in [6.07, 6.45) is -2.76. The van der Waals surface area contributed by atoms with Crippen LogP contribution in [0.15, 0.2) is 75.1 Å². The molecule has 0 saturated carbocycles. The van der Waals surface area contributed by atoms with E-state index in [2.05, 4.69) is 30.7 Å². The first-order chi connectivity index (χ1) is 20.1. The van der Waals surface area contributed by atoms with Crippen LogP contribution in [0.2, 0.25) is 0 Å². The topological polar surface area (TPSA) is 152 Å². The predicted octanol–water partition coefficient (Wildman–Crippen LogP) is 5.31. The summed E-state index contributed by atoms with van der Waals surface area (Å²) in [6.45, 7) is 3.79. The standard InChI is InChI=1S/C29H33BrN4O7S/c1-17-10-12-21(13-11-17)42(36,37)33-22(14-20-15-23(35)26(38-3)18(2)24(20)30)27-28(25(32-34-31)29(39-4)41-27)40-16-19-8-6-5-7-9-19/h5-13,15,22,25,27-29,33,35H,14,16H2,1-4H3/t22-,25-,27+,28+,29-/m0/s1. The number of methoxy groups -OCH3 is 2. The van der Waals surface area contributed by atoms with Gasteiger partial charge in [-0.05, 0) is 55.1 Å². The van der Waals surface area contributed by atoms with Crippen LogP contribution < -0.4 is 9.46 Å². The summed E-state index contributed by atoms with van der Waals surface area (Å²) in [5, 5.41) is 14.6. The second-order valence-corrected chi connectivity index (χ2v) is 12.4. The zero-order chi connectivity index (χ0) is 30.4. The molecule has 5 atom stereocenters. The molecule has 3 aromatic rings. The van der Waals surface area contributed by atoms with E-state index in [0.717, 1.165) is 11.1 Å². The molecule has 1 heterocycles. The maximum Gasteiger partial charge on any atom is 0.240 e. The molecule has 0 radical (unpaired) electrons. The van der Waals surface area contributed by atoms with Gasteiger partial charge in [-0.1, -0.05) is 69.1 Å². The molecule has 0 bridgehead atoms. The summed E-state index contributed by atoms with van der Waals surface area (Å²) < 4.78 is 54.1. The van der Waals surface area contributed by atoms with Gasteiger partial charge in [0.05, 0.1) is 30.8 Å². The molecule has 0 aromatic heterocycles. The fourth-order valence-electron chi connectivity index (χ4n) is 5.00. The van der Waals surface area contributed by atoms with Gasteiger partial charge >= 0.3 is 0 Å². The molecule has 0 amide bonds. The summed E-state index contributed by atoms with van der Waals surface area (Å²) in [4.78, 5) is 3.05. The minimum atomic E-state index is -4.06. The van der Waals surface area contributed by atoms with Gasteiger partial charge in [-0.15, -0.1) is 0 Å². The molecule has 11 nitrogen and oxygen atoms in total. The molecule has 4 rings (SSSR count). The van der Waals surface area contributed by atoms with Gasteiger partial charge in [0, 0.05) is 22.1 Å². The van der Waals surface area contributed by atoms with Crippen LogP contribution in [0.5, 0.6) is 11.5 Å². The van der Waals surface area contributed by atoms with Crippen LogP contribution in [-0.2, 0) is 37.3 Å². The van der Waals surface area contributed by atoms with Gasteiger partial charge in [0.2, 0.25) is 10.0 Å². The van der Waals surface area contributed by atoms with E-state index in [1.165, 1.54) is 32.4 Å². The quantitative estimate of drug-likeness (QED) is 0.152. The van der Waals surface area contributed by atoms with E-state index in [4.69, 9.17) is 18.9 Å². The molecule has 1 aliphatic heterocycles. The summed E-state index contributed by atoms with van der Waals surface area (Å²) in [6, 6.07) is 15.5. The van der Waals surface area contributed by atoms with Gasteiger partial charge in [-0.3, -0.25) is 0 Å². The SMILES string of the molecule is COc1c(O)cc(C[C@H](NS(=O)(=O)c2ccc(C)cc2)[C@H]2O[C@H](OC)[C@@H](N=[N+]=[N-])[C@H]2OCc2ccccc2)c(Br)c1C. The highest BCUT2D eigenvalue weighted by molar-refractivity contribution is 9.10. The molecule has 1 saturated heterocycles. The fourth-order valence-corrected chi connectivity index (χ4v) is 6.70. The molecule has 0 unspecified atom stereocenters. The van der Waals surface area contributed by atoms with E-state index >= 15 is 0 Å². The van der Waals surface area contributed by atoms with Crippen molar-refractivity contribution < 1.29 is 32.5 Å². The average Bonchev–Trinajstić information content (AvgIpc) is 3.32. The predicted molar refractivity (Wildman–Crippen MR) is 160 cm³/mol. The third-order valence-corrected chi connectivity index (χ3v) is 9.72. The Morgan fingerprint density at radius 1 is 1.14 bits per heavy atom. The molecule has 0 aliphatic carbocycles. The van der Waals surface area contributed by atoms with Crippen LogP contribution >= 0.6 is 15.9 Å². The van der Waals surface area contributed by atoms with Crippen LogP contribution in [0.4, 0.5) is 0 Å². The third-order valence-electron chi connectivity index (χ3n) is 7.11. The lowest BCUT2D eigenvalue weighted by Gasteiger charge is -2.30. The monoisotopic (exact) mass is 660 g/mol. The highest BCUT2D eigenvalue weighted by atomic mass is 79.9. The number of rotatable bonds is 12. The van der Waals surface area contributed by atoms with Crippen molar-refractivity contribution in [1.82, 2.24) is 4.72 Å². The van der Waals surface area contributed by atoms with Crippen LogP contribution in [0.3, 0.4) is 0 Å². The Morgan fingerprint density at radius 2 is 1.83 bits per heavy atom. The van der Waals surface area contributed by atoms with Crippen LogP contribution in [0.1, 0.15) is 22.3 Å². The molecule has 1 aliphatic rings. The average molecular weight is 662 g/mol.